The first kappa shape index (κ1) is 28.3. The van der Waals surface area contributed by atoms with Gasteiger partial charge in [-0.25, -0.2) is 19.7 Å². The number of carboxylic acid groups (broad SMARTS) is 1. The van der Waals surface area contributed by atoms with E-state index in [1.54, 1.807) is 0 Å². The number of carbonyl (C=O) groups is 1. The summed E-state index contributed by atoms with van der Waals surface area (Å²) in [6, 6.07) is 14.5. The molecule has 1 fully saturated rings. The summed E-state index contributed by atoms with van der Waals surface area (Å²) in [6.45, 7) is 5.01. The lowest BCUT2D eigenvalue weighted by Crippen LogP contribution is -2.31. The molecule has 0 amide bonds. The minimum absolute atomic E-state index is 0.0364. The van der Waals surface area contributed by atoms with E-state index in [0.29, 0.717) is 54.0 Å². The number of nitrogens with zero attached hydrogens (tertiary/aromatic N) is 4. The van der Waals surface area contributed by atoms with Crippen molar-refractivity contribution in [1.82, 2.24) is 19.5 Å². The lowest BCUT2D eigenvalue weighted by Gasteiger charge is -2.32. The highest BCUT2D eigenvalue weighted by atomic mass is 127. The molecule has 2 aromatic carbocycles. The smallest absolute Gasteiger partial charge is 0.374 e. The number of ether oxygens (including phenoxy) is 1. The molecule has 210 valence electrons. The van der Waals surface area contributed by atoms with Crippen LogP contribution < -0.4 is 10.1 Å². The number of rotatable bonds is 12. The van der Waals surface area contributed by atoms with E-state index in [1.165, 1.54) is 12.0 Å². The van der Waals surface area contributed by atoms with E-state index >= 15 is 0 Å². The summed E-state index contributed by atoms with van der Waals surface area (Å²) in [5, 5.41) is 22.6. The third-order valence-electron chi connectivity index (χ3n) is 7.47. The SMILES string of the molecule is Cc1ccc(OCCCO)c(-c2nc3nc(C(=O)O)nc(N[C@H](C)C4CCC4)c3n2Cc2ccc(CI)cc2)c1. The van der Waals surface area contributed by atoms with Crippen molar-refractivity contribution < 1.29 is 19.7 Å². The zero-order valence-corrected chi connectivity index (χ0v) is 24.9. The molecule has 10 heteroatoms. The molecule has 5 rings (SSSR count). The Labute approximate surface area is 247 Å². The maximum atomic E-state index is 12.0. The molecular formula is C30H34IN5O4. The lowest BCUT2D eigenvalue weighted by atomic mass is 9.80. The monoisotopic (exact) mass is 655 g/mol. The molecule has 2 aromatic heterocycles. The van der Waals surface area contributed by atoms with Gasteiger partial charge in [-0.1, -0.05) is 64.9 Å². The molecule has 0 unspecified atom stereocenters. The first-order chi connectivity index (χ1) is 19.4. The quantitative estimate of drug-likeness (QED) is 0.0989. The van der Waals surface area contributed by atoms with Crippen LogP contribution in [0.5, 0.6) is 5.75 Å². The first-order valence-electron chi connectivity index (χ1n) is 13.6. The number of aliphatic hydroxyl groups is 1. The highest BCUT2D eigenvalue weighted by Crippen LogP contribution is 2.37. The van der Waals surface area contributed by atoms with Gasteiger partial charge in [0.1, 0.15) is 17.1 Å². The van der Waals surface area contributed by atoms with Gasteiger partial charge >= 0.3 is 5.97 Å². The zero-order valence-electron chi connectivity index (χ0n) is 22.7. The van der Waals surface area contributed by atoms with Crippen LogP contribution in [0.25, 0.3) is 22.6 Å². The summed E-state index contributed by atoms with van der Waals surface area (Å²) < 4.78 is 9.05. The normalized spacial score (nSPS) is 14.2. The summed E-state index contributed by atoms with van der Waals surface area (Å²) in [6.07, 6.45) is 3.99. The van der Waals surface area contributed by atoms with E-state index in [2.05, 4.69) is 73.6 Å². The minimum atomic E-state index is -1.20. The maximum Gasteiger partial charge on any atom is 0.374 e. The fraction of sp³-hybridized carbons (Fsp3) is 0.400. The number of carboxylic acids is 1. The average molecular weight is 656 g/mol. The molecule has 9 nitrogen and oxygen atoms in total. The van der Waals surface area contributed by atoms with Gasteiger partial charge in [0, 0.05) is 30.0 Å². The van der Waals surface area contributed by atoms with Crippen molar-refractivity contribution in [3.8, 4) is 17.1 Å². The van der Waals surface area contributed by atoms with Crippen LogP contribution >= 0.6 is 22.6 Å². The molecule has 2 heterocycles. The van der Waals surface area contributed by atoms with Crippen LogP contribution in [-0.2, 0) is 11.0 Å². The highest BCUT2D eigenvalue weighted by Gasteiger charge is 2.28. The standard InChI is InChI=1S/C30H34IN5O4/c1-18-7-12-24(40-14-4-13-37)23(15-18)29-35-27-25(36(29)17-21-10-8-20(16-31)9-11-21)26(33-28(34-27)30(38)39)32-19(2)22-5-3-6-22/h7-12,15,19,22,37H,3-6,13-14,16-17H2,1-2H3,(H,38,39)(H,32,33,34)/t19-/m1/s1. The number of hydrogen-bond acceptors (Lipinski definition) is 7. The zero-order chi connectivity index (χ0) is 28.2. The number of aliphatic hydroxyl groups excluding tert-OH is 1. The highest BCUT2D eigenvalue weighted by molar-refractivity contribution is 14.1. The van der Waals surface area contributed by atoms with Crippen LogP contribution in [0.4, 0.5) is 5.82 Å². The molecule has 0 radical (unpaired) electrons. The van der Waals surface area contributed by atoms with Crippen molar-refractivity contribution in [2.75, 3.05) is 18.5 Å². The number of nitrogens with one attached hydrogen (secondary N) is 1. The number of anilines is 1. The van der Waals surface area contributed by atoms with Crippen LogP contribution in [0.2, 0.25) is 0 Å². The fourth-order valence-electron chi connectivity index (χ4n) is 4.97. The molecule has 1 atom stereocenters. The van der Waals surface area contributed by atoms with E-state index in [0.717, 1.165) is 34.0 Å². The van der Waals surface area contributed by atoms with Gasteiger partial charge in [-0.3, -0.25) is 0 Å². The number of benzene rings is 2. The minimum Gasteiger partial charge on any atom is -0.493 e. The van der Waals surface area contributed by atoms with Crippen molar-refractivity contribution in [2.24, 2.45) is 5.92 Å². The van der Waals surface area contributed by atoms with Crippen LogP contribution in [0, 0.1) is 12.8 Å². The van der Waals surface area contributed by atoms with Gasteiger partial charge in [0.25, 0.3) is 0 Å². The van der Waals surface area contributed by atoms with Crippen LogP contribution in [-0.4, -0.2) is 55.0 Å². The molecule has 1 aliphatic carbocycles. The number of aromatic carboxylic acids is 1. The summed E-state index contributed by atoms with van der Waals surface area (Å²) in [5.74, 6) is 0.752. The number of imidazole rings is 1. The van der Waals surface area contributed by atoms with Gasteiger partial charge < -0.3 is 24.8 Å². The Hall–Kier alpha value is -3.25. The van der Waals surface area contributed by atoms with Crippen molar-refractivity contribution in [3.05, 3.63) is 65.0 Å². The molecule has 3 N–H and O–H groups in total. The third-order valence-corrected chi connectivity index (χ3v) is 8.35. The average Bonchev–Trinajstić information content (AvgIpc) is 3.27. The van der Waals surface area contributed by atoms with Gasteiger partial charge in [-0.15, -0.1) is 0 Å². The Morgan fingerprint density at radius 1 is 1.15 bits per heavy atom. The van der Waals surface area contributed by atoms with Crippen molar-refractivity contribution in [2.45, 2.75) is 56.5 Å². The van der Waals surface area contributed by atoms with Gasteiger partial charge in [-0.05, 0) is 55.9 Å². The van der Waals surface area contributed by atoms with Crippen molar-refractivity contribution >= 4 is 45.5 Å². The van der Waals surface area contributed by atoms with Crippen LogP contribution in [0.1, 0.15) is 59.9 Å². The van der Waals surface area contributed by atoms with Crippen molar-refractivity contribution in [1.29, 1.82) is 0 Å². The van der Waals surface area contributed by atoms with Gasteiger partial charge in [-0.2, -0.15) is 0 Å². The molecule has 0 spiro atoms. The fourth-order valence-corrected chi connectivity index (χ4v) is 5.48. The van der Waals surface area contributed by atoms with Crippen LogP contribution in [0.3, 0.4) is 0 Å². The summed E-state index contributed by atoms with van der Waals surface area (Å²) in [5.41, 5.74) is 5.09. The Morgan fingerprint density at radius 3 is 2.55 bits per heavy atom. The van der Waals surface area contributed by atoms with Gasteiger partial charge in [0.15, 0.2) is 11.5 Å². The van der Waals surface area contributed by atoms with E-state index in [1.807, 2.05) is 25.1 Å². The van der Waals surface area contributed by atoms with Crippen molar-refractivity contribution in [3.63, 3.8) is 0 Å². The van der Waals surface area contributed by atoms with E-state index in [9.17, 15) is 15.0 Å². The number of alkyl halides is 1. The van der Waals surface area contributed by atoms with E-state index in [-0.39, 0.29) is 18.5 Å². The topological polar surface area (TPSA) is 122 Å². The Morgan fingerprint density at radius 2 is 1.90 bits per heavy atom. The predicted octanol–water partition coefficient (Wildman–Crippen LogP) is 5.84. The molecule has 1 saturated carbocycles. The Kier molecular flexibility index (Phi) is 8.84. The number of halogens is 1. The number of aromatic nitrogens is 4. The second-order valence-electron chi connectivity index (χ2n) is 10.4. The predicted molar refractivity (Wildman–Crippen MR) is 163 cm³/mol. The molecule has 40 heavy (non-hydrogen) atoms. The summed E-state index contributed by atoms with van der Waals surface area (Å²) >= 11 is 2.35. The Bertz CT molecular complexity index is 1500. The molecular weight excluding hydrogens is 621 g/mol. The number of aryl methyl sites for hydroxylation is 1. The molecule has 0 bridgehead atoms. The number of hydrogen-bond donors (Lipinski definition) is 3. The first-order valence-corrected chi connectivity index (χ1v) is 15.2. The number of fused-ring (bicyclic) bond motifs is 1. The molecule has 4 aromatic rings. The third kappa shape index (κ3) is 6.07. The molecule has 0 saturated heterocycles. The summed E-state index contributed by atoms with van der Waals surface area (Å²) in [4.78, 5) is 25.8. The molecule has 0 aliphatic heterocycles. The molecule has 1 aliphatic rings. The van der Waals surface area contributed by atoms with Crippen LogP contribution in [0.15, 0.2) is 42.5 Å². The summed E-state index contributed by atoms with van der Waals surface area (Å²) in [7, 11) is 0. The maximum absolute atomic E-state index is 12.0. The largest absolute Gasteiger partial charge is 0.493 e. The Balaban J connectivity index is 1.71. The van der Waals surface area contributed by atoms with E-state index in [4.69, 9.17) is 9.72 Å². The lowest BCUT2D eigenvalue weighted by molar-refractivity contribution is 0.0684. The van der Waals surface area contributed by atoms with Gasteiger partial charge in [0.2, 0.25) is 5.82 Å². The van der Waals surface area contributed by atoms with Gasteiger partial charge in [0.05, 0.1) is 12.2 Å². The second-order valence-corrected chi connectivity index (χ2v) is 11.2. The van der Waals surface area contributed by atoms with E-state index < -0.39 is 5.97 Å². The second kappa shape index (κ2) is 12.5.